The fraction of sp³-hybridized carbons (Fsp3) is 0.333. The minimum atomic E-state index is -1.15. The summed E-state index contributed by atoms with van der Waals surface area (Å²) < 4.78 is 27.4. The molecule has 1 aliphatic rings. The van der Waals surface area contributed by atoms with E-state index >= 15 is 0 Å². The Kier molecular flexibility index (Phi) is 5.47. The molecule has 0 unspecified atom stereocenters. The van der Waals surface area contributed by atoms with Gasteiger partial charge in [0, 0.05) is 26.2 Å². The zero-order chi connectivity index (χ0) is 20.5. The predicted octanol–water partition coefficient (Wildman–Crippen LogP) is 2.93. The molecule has 1 fully saturated rings. The average molecular weight is 387 g/mol. The predicted molar refractivity (Wildman–Crippen MR) is 103 cm³/mol. The molecule has 28 heavy (non-hydrogen) atoms. The van der Waals surface area contributed by atoms with Crippen LogP contribution in [0.1, 0.15) is 41.3 Å². The van der Waals surface area contributed by atoms with Gasteiger partial charge in [0.15, 0.2) is 11.6 Å². The summed E-state index contributed by atoms with van der Waals surface area (Å²) in [5, 5.41) is 8.16. The van der Waals surface area contributed by atoms with Crippen LogP contribution in [0.15, 0.2) is 36.4 Å². The highest BCUT2D eigenvalue weighted by Gasteiger charge is 2.47. The van der Waals surface area contributed by atoms with E-state index in [-0.39, 0.29) is 23.1 Å². The summed E-state index contributed by atoms with van der Waals surface area (Å²) in [5.41, 5.74) is 0.915. The van der Waals surface area contributed by atoms with E-state index in [1.165, 1.54) is 7.05 Å². The van der Waals surface area contributed by atoms with Gasteiger partial charge in [-0.25, -0.2) is 8.78 Å². The van der Waals surface area contributed by atoms with Crippen molar-refractivity contribution in [2.45, 2.75) is 25.2 Å². The van der Waals surface area contributed by atoms with Gasteiger partial charge in [-0.15, -0.1) is 0 Å². The summed E-state index contributed by atoms with van der Waals surface area (Å²) in [6.07, 6.45) is 0. The zero-order valence-electron chi connectivity index (χ0n) is 16.0. The smallest absolute Gasteiger partial charge is 0.253 e. The number of anilines is 1. The fourth-order valence-corrected chi connectivity index (χ4v) is 3.50. The summed E-state index contributed by atoms with van der Waals surface area (Å²) in [5.74, 6) is -3.05. The average Bonchev–Trinajstić information content (AvgIpc) is 2.63. The first-order chi connectivity index (χ1) is 13.3. The summed E-state index contributed by atoms with van der Waals surface area (Å²) >= 11 is 0. The van der Waals surface area contributed by atoms with Crippen LogP contribution in [0.25, 0.3) is 0 Å². The van der Waals surface area contributed by atoms with Gasteiger partial charge < -0.3 is 16.0 Å². The van der Waals surface area contributed by atoms with E-state index in [4.69, 9.17) is 0 Å². The lowest BCUT2D eigenvalue weighted by molar-refractivity contribution is -0.123. The Balaban J connectivity index is 2.01. The third-order valence-corrected chi connectivity index (χ3v) is 5.17. The van der Waals surface area contributed by atoms with Gasteiger partial charge in [-0.3, -0.25) is 9.59 Å². The number of benzene rings is 2. The Hall–Kier alpha value is -2.80. The summed E-state index contributed by atoms with van der Waals surface area (Å²) in [6, 6.07) is 9.34. The van der Waals surface area contributed by atoms with Gasteiger partial charge in [-0.05, 0) is 23.1 Å². The number of hydrogen-bond donors (Lipinski definition) is 3. The Labute approximate surface area is 162 Å². The molecule has 0 bridgehead atoms. The minimum absolute atomic E-state index is 0.0587. The van der Waals surface area contributed by atoms with Crippen molar-refractivity contribution in [2.24, 2.45) is 0 Å². The molecule has 1 aliphatic heterocycles. The highest BCUT2D eigenvalue weighted by molar-refractivity contribution is 6.07. The van der Waals surface area contributed by atoms with Crippen molar-refractivity contribution in [3.63, 3.8) is 0 Å². The molecule has 0 atom stereocenters. The van der Waals surface area contributed by atoms with Crippen molar-refractivity contribution in [3.8, 4) is 0 Å². The second kappa shape index (κ2) is 7.67. The van der Waals surface area contributed by atoms with Crippen LogP contribution in [0.4, 0.5) is 14.5 Å². The molecule has 0 aliphatic carbocycles. The molecule has 2 aromatic carbocycles. The SMILES string of the molecule is CNC(=O)c1cc(F)c(F)cc1NC(=O)C1(c2ccccc2C(C)C)CNC1. The van der Waals surface area contributed by atoms with Crippen LogP contribution < -0.4 is 16.0 Å². The van der Waals surface area contributed by atoms with Gasteiger partial charge in [0.1, 0.15) is 0 Å². The first kappa shape index (κ1) is 19.9. The summed E-state index contributed by atoms with van der Waals surface area (Å²) in [4.78, 5) is 25.3. The van der Waals surface area contributed by atoms with E-state index in [9.17, 15) is 18.4 Å². The van der Waals surface area contributed by atoms with Gasteiger partial charge in [0.2, 0.25) is 5.91 Å². The minimum Gasteiger partial charge on any atom is -0.355 e. The number of carbonyl (C=O) groups excluding carboxylic acids is 2. The molecule has 0 saturated carbocycles. The lowest BCUT2D eigenvalue weighted by Gasteiger charge is -2.43. The van der Waals surface area contributed by atoms with E-state index in [1.807, 2.05) is 24.3 Å². The molecule has 148 valence electrons. The Bertz CT molecular complexity index is 924. The van der Waals surface area contributed by atoms with E-state index in [2.05, 4.69) is 29.8 Å². The second-order valence-corrected chi connectivity index (χ2v) is 7.27. The van der Waals surface area contributed by atoms with Crippen LogP contribution in [-0.4, -0.2) is 32.0 Å². The molecule has 3 rings (SSSR count). The number of hydrogen-bond acceptors (Lipinski definition) is 3. The first-order valence-electron chi connectivity index (χ1n) is 9.13. The second-order valence-electron chi connectivity index (χ2n) is 7.27. The highest BCUT2D eigenvalue weighted by Crippen LogP contribution is 2.36. The van der Waals surface area contributed by atoms with Gasteiger partial charge in [-0.1, -0.05) is 38.1 Å². The topological polar surface area (TPSA) is 70.2 Å². The molecule has 1 heterocycles. The van der Waals surface area contributed by atoms with Crippen molar-refractivity contribution in [2.75, 3.05) is 25.5 Å². The van der Waals surface area contributed by atoms with Crippen molar-refractivity contribution in [1.82, 2.24) is 10.6 Å². The molecular formula is C21H23F2N3O2. The van der Waals surface area contributed by atoms with Crippen molar-refractivity contribution in [3.05, 3.63) is 64.7 Å². The van der Waals surface area contributed by atoms with Gasteiger partial charge >= 0.3 is 0 Å². The van der Waals surface area contributed by atoms with Crippen molar-refractivity contribution >= 4 is 17.5 Å². The molecular weight excluding hydrogens is 364 g/mol. The van der Waals surface area contributed by atoms with E-state index in [1.54, 1.807) is 0 Å². The molecule has 1 saturated heterocycles. The van der Waals surface area contributed by atoms with Crippen LogP contribution in [0.2, 0.25) is 0 Å². The maximum absolute atomic E-state index is 13.8. The molecule has 0 aromatic heterocycles. The molecule has 7 heteroatoms. The molecule has 2 amide bonds. The van der Waals surface area contributed by atoms with Crippen LogP contribution in [0.5, 0.6) is 0 Å². The number of halogens is 2. The standard InChI is InChI=1S/C21H23F2N3O2/c1-12(2)13-6-4-5-7-15(13)21(10-25-11-21)20(28)26-18-9-17(23)16(22)8-14(18)19(27)24-3/h4-9,12,25H,10-11H2,1-3H3,(H,24,27)(H,26,28). The van der Waals surface area contributed by atoms with Crippen molar-refractivity contribution < 1.29 is 18.4 Å². The van der Waals surface area contributed by atoms with E-state index < -0.39 is 23.0 Å². The zero-order valence-corrected chi connectivity index (χ0v) is 16.0. The number of rotatable bonds is 5. The Morgan fingerprint density at radius 2 is 1.75 bits per heavy atom. The quantitative estimate of drug-likeness (QED) is 0.739. The van der Waals surface area contributed by atoms with Crippen LogP contribution in [-0.2, 0) is 10.2 Å². The van der Waals surface area contributed by atoms with Crippen molar-refractivity contribution in [1.29, 1.82) is 0 Å². The summed E-state index contributed by atoms with van der Waals surface area (Å²) in [6.45, 7) is 4.94. The van der Waals surface area contributed by atoms with E-state index in [0.717, 1.165) is 23.3 Å². The Morgan fingerprint density at radius 3 is 2.32 bits per heavy atom. The van der Waals surface area contributed by atoms with Gasteiger partial charge in [0.25, 0.3) is 5.91 Å². The lowest BCUT2D eigenvalue weighted by Crippen LogP contribution is -2.63. The largest absolute Gasteiger partial charge is 0.355 e. The molecule has 5 nitrogen and oxygen atoms in total. The van der Waals surface area contributed by atoms with Crippen LogP contribution in [0.3, 0.4) is 0 Å². The Morgan fingerprint density at radius 1 is 1.11 bits per heavy atom. The fourth-order valence-electron chi connectivity index (χ4n) is 3.50. The number of amides is 2. The summed E-state index contributed by atoms with van der Waals surface area (Å²) in [7, 11) is 1.38. The maximum Gasteiger partial charge on any atom is 0.253 e. The van der Waals surface area contributed by atoms with Gasteiger partial charge in [-0.2, -0.15) is 0 Å². The molecule has 2 aromatic rings. The number of nitrogens with one attached hydrogen (secondary N) is 3. The third-order valence-electron chi connectivity index (χ3n) is 5.17. The van der Waals surface area contributed by atoms with Gasteiger partial charge in [0.05, 0.1) is 16.7 Å². The maximum atomic E-state index is 13.8. The number of carbonyl (C=O) groups is 2. The normalized spacial score (nSPS) is 15.1. The highest BCUT2D eigenvalue weighted by atomic mass is 19.2. The third kappa shape index (κ3) is 3.38. The molecule has 3 N–H and O–H groups in total. The van der Waals surface area contributed by atoms with E-state index in [0.29, 0.717) is 13.1 Å². The molecule has 0 radical (unpaired) electrons. The van der Waals surface area contributed by atoms with Crippen LogP contribution >= 0.6 is 0 Å². The molecule has 0 spiro atoms. The monoisotopic (exact) mass is 387 g/mol. The first-order valence-corrected chi connectivity index (χ1v) is 9.13. The lowest BCUT2D eigenvalue weighted by atomic mass is 9.71. The van der Waals surface area contributed by atoms with Crippen LogP contribution in [0, 0.1) is 11.6 Å².